The van der Waals surface area contributed by atoms with Crippen LogP contribution in [-0.2, 0) is 6.54 Å². The van der Waals surface area contributed by atoms with E-state index in [1.165, 1.54) is 0 Å². The van der Waals surface area contributed by atoms with Crippen LogP contribution >= 0.6 is 0 Å². The zero-order valence-corrected chi connectivity index (χ0v) is 15.5. The highest BCUT2D eigenvalue weighted by Gasteiger charge is 2.18. The number of pyridine rings is 1. The molecule has 0 fully saturated rings. The lowest BCUT2D eigenvalue weighted by Gasteiger charge is -2.06. The van der Waals surface area contributed by atoms with E-state index in [9.17, 15) is 4.79 Å². The van der Waals surface area contributed by atoms with E-state index in [2.05, 4.69) is 21.5 Å². The first kappa shape index (κ1) is 18.1. The lowest BCUT2D eigenvalue weighted by atomic mass is 10.1. The molecule has 2 heterocycles. The minimum atomic E-state index is -0.242. The highest BCUT2D eigenvalue weighted by atomic mass is 16.1. The summed E-state index contributed by atoms with van der Waals surface area (Å²) < 4.78 is 1.69. The molecule has 4 rings (SSSR count). The van der Waals surface area contributed by atoms with Crippen molar-refractivity contribution >= 4 is 5.91 Å². The smallest absolute Gasteiger partial charge is 0.255 e. The van der Waals surface area contributed by atoms with Crippen molar-refractivity contribution in [1.29, 1.82) is 5.26 Å². The first-order valence-corrected chi connectivity index (χ1v) is 9.07. The molecule has 0 unspecified atom stereocenters. The number of carbonyl (C=O) groups excluding carboxylic acids is 1. The number of para-hydroxylation sites is 1. The normalized spacial score (nSPS) is 10.3. The third kappa shape index (κ3) is 4.04. The molecule has 0 bridgehead atoms. The van der Waals surface area contributed by atoms with E-state index < -0.39 is 0 Å². The molecule has 2 aromatic carbocycles. The van der Waals surface area contributed by atoms with Gasteiger partial charge in [-0.2, -0.15) is 10.4 Å². The number of hydrogen-bond acceptors (Lipinski definition) is 4. The summed E-state index contributed by atoms with van der Waals surface area (Å²) in [5.74, 6) is -0.242. The maximum absolute atomic E-state index is 13.0. The predicted molar refractivity (Wildman–Crippen MR) is 109 cm³/mol. The molecule has 140 valence electrons. The Morgan fingerprint density at radius 3 is 2.69 bits per heavy atom. The van der Waals surface area contributed by atoms with Crippen molar-refractivity contribution in [2.75, 3.05) is 0 Å². The van der Waals surface area contributed by atoms with Gasteiger partial charge in [0.1, 0.15) is 5.69 Å². The van der Waals surface area contributed by atoms with Crippen LogP contribution in [0.25, 0.3) is 16.9 Å². The van der Waals surface area contributed by atoms with E-state index in [0.29, 0.717) is 23.4 Å². The molecule has 0 saturated carbocycles. The van der Waals surface area contributed by atoms with E-state index in [4.69, 9.17) is 5.26 Å². The van der Waals surface area contributed by atoms with Crippen LogP contribution in [0.4, 0.5) is 0 Å². The van der Waals surface area contributed by atoms with Crippen molar-refractivity contribution in [3.05, 3.63) is 102 Å². The molecule has 0 aliphatic carbocycles. The summed E-state index contributed by atoms with van der Waals surface area (Å²) in [6, 6.07) is 22.6. The third-order valence-corrected chi connectivity index (χ3v) is 4.42. The molecular weight excluding hydrogens is 362 g/mol. The summed E-state index contributed by atoms with van der Waals surface area (Å²) in [7, 11) is 0. The van der Waals surface area contributed by atoms with Gasteiger partial charge in [0.15, 0.2) is 0 Å². The van der Waals surface area contributed by atoms with Gasteiger partial charge in [0.25, 0.3) is 5.91 Å². The van der Waals surface area contributed by atoms with E-state index in [0.717, 1.165) is 16.8 Å². The van der Waals surface area contributed by atoms with Gasteiger partial charge in [-0.05, 0) is 42.0 Å². The second kappa shape index (κ2) is 8.19. The van der Waals surface area contributed by atoms with Crippen molar-refractivity contribution in [2.24, 2.45) is 0 Å². The van der Waals surface area contributed by atoms with Gasteiger partial charge in [-0.25, -0.2) is 4.68 Å². The number of nitriles is 1. The Labute approximate surface area is 168 Å². The number of aromatic nitrogens is 3. The Morgan fingerprint density at radius 1 is 1.07 bits per heavy atom. The van der Waals surface area contributed by atoms with Crippen LogP contribution in [0.3, 0.4) is 0 Å². The van der Waals surface area contributed by atoms with Crippen LogP contribution in [0.5, 0.6) is 0 Å². The van der Waals surface area contributed by atoms with E-state index >= 15 is 0 Å². The van der Waals surface area contributed by atoms with E-state index in [1.54, 1.807) is 41.5 Å². The van der Waals surface area contributed by atoms with E-state index in [1.807, 2.05) is 48.5 Å². The van der Waals surface area contributed by atoms with Gasteiger partial charge in [-0.3, -0.25) is 9.78 Å². The Hall–Kier alpha value is -4.24. The zero-order valence-electron chi connectivity index (χ0n) is 15.5. The highest BCUT2D eigenvalue weighted by Crippen LogP contribution is 2.23. The Kier molecular flexibility index (Phi) is 5.12. The zero-order chi connectivity index (χ0) is 20.1. The molecule has 1 N–H and O–H groups in total. The molecule has 1 amide bonds. The lowest BCUT2D eigenvalue weighted by Crippen LogP contribution is -2.23. The highest BCUT2D eigenvalue weighted by molar-refractivity contribution is 5.99. The van der Waals surface area contributed by atoms with Gasteiger partial charge in [-0.15, -0.1) is 0 Å². The summed E-state index contributed by atoms with van der Waals surface area (Å²) in [5.41, 5.74) is 4.06. The minimum Gasteiger partial charge on any atom is -0.348 e. The van der Waals surface area contributed by atoms with Crippen molar-refractivity contribution in [3.63, 3.8) is 0 Å². The molecule has 0 saturated heterocycles. The Bertz CT molecular complexity index is 1180. The first-order chi connectivity index (χ1) is 14.2. The summed E-state index contributed by atoms with van der Waals surface area (Å²) in [6.07, 6.45) is 5.09. The standard InChI is InChI=1S/C23H17N5O/c24-13-17-6-4-7-18(12-17)14-26-23(29)21-16-28(20-9-2-1-3-10-20)27-22(21)19-8-5-11-25-15-19/h1-12,15-16H,14H2,(H,26,29). The van der Waals surface area contributed by atoms with Crippen molar-refractivity contribution in [3.8, 4) is 23.0 Å². The molecule has 6 heteroatoms. The molecule has 6 nitrogen and oxygen atoms in total. The van der Waals surface area contributed by atoms with Crippen molar-refractivity contribution in [1.82, 2.24) is 20.1 Å². The van der Waals surface area contributed by atoms with Crippen molar-refractivity contribution < 1.29 is 4.79 Å². The summed E-state index contributed by atoms with van der Waals surface area (Å²) in [6.45, 7) is 0.317. The molecule has 29 heavy (non-hydrogen) atoms. The quantitative estimate of drug-likeness (QED) is 0.573. The lowest BCUT2D eigenvalue weighted by molar-refractivity contribution is 0.0951. The molecule has 0 atom stereocenters. The number of rotatable bonds is 5. The second-order valence-electron chi connectivity index (χ2n) is 6.41. The van der Waals surface area contributed by atoms with Crippen molar-refractivity contribution in [2.45, 2.75) is 6.54 Å². The summed E-state index contributed by atoms with van der Waals surface area (Å²) >= 11 is 0. The predicted octanol–water partition coefficient (Wildman–Crippen LogP) is 3.74. The third-order valence-electron chi connectivity index (χ3n) is 4.42. The van der Waals surface area contributed by atoms with Crippen LogP contribution in [0.15, 0.2) is 85.3 Å². The molecule has 0 aliphatic rings. The summed E-state index contributed by atoms with van der Waals surface area (Å²) in [5, 5.41) is 16.6. The molecule has 4 aromatic rings. The second-order valence-corrected chi connectivity index (χ2v) is 6.41. The molecular formula is C23H17N5O. The molecule has 0 spiro atoms. The van der Waals surface area contributed by atoms with Crippen LogP contribution in [0, 0.1) is 11.3 Å². The van der Waals surface area contributed by atoms with Gasteiger partial charge >= 0.3 is 0 Å². The number of nitrogens with one attached hydrogen (secondary N) is 1. The SMILES string of the molecule is N#Cc1cccc(CNC(=O)c2cn(-c3ccccc3)nc2-c2cccnc2)c1. The molecule has 0 radical (unpaired) electrons. The average molecular weight is 379 g/mol. The van der Waals surface area contributed by atoms with E-state index in [-0.39, 0.29) is 5.91 Å². The monoisotopic (exact) mass is 379 g/mol. The number of hydrogen-bond donors (Lipinski definition) is 1. The van der Waals surface area contributed by atoms with Crippen LogP contribution in [0.1, 0.15) is 21.5 Å². The van der Waals surface area contributed by atoms with Gasteiger partial charge in [0.2, 0.25) is 0 Å². The topological polar surface area (TPSA) is 83.6 Å². The maximum atomic E-state index is 13.0. The fraction of sp³-hybridized carbons (Fsp3) is 0.0435. The van der Waals surface area contributed by atoms with Crippen LogP contribution < -0.4 is 5.32 Å². The van der Waals surface area contributed by atoms with Gasteiger partial charge in [-0.1, -0.05) is 30.3 Å². The minimum absolute atomic E-state index is 0.242. The Morgan fingerprint density at radius 2 is 1.93 bits per heavy atom. The largest absolute Gasteiger partial charge is 0.348 e. The Balaban J connectivity index is 1.65. The van der Waals surface area contributed by atoms with Gasteiger partial charge in [0, 0.05) is 30.7 Å². The number of amides is 1. The fourth-order valence-electron chi connectivity index (χ4n) is 3.00. The van der Waals surface area contributed by atoms with Crippen LogP contribution in [0.2, 0.25) is 0 Å². The molecule has 2 aromatic heterocycles. The van der Waals surface area contributed by atoms with Crippen LogP contribution in [-0.4, -0.2) is 20.7 Å². The maximum Gasteiger partial charge on any atom is 0.255 e. The van der Waals surface area contributed by atoms with Gasteiger partial charge < -0.3 is 5.32 Å². The number of nitrogens with zero attached hydrogens (tertiary/aromatic N) is 4. The fourth-order valence-corrected chi connectivity index (χ4v) is 3.00. The van der Waals surface area contributed by atoms with Gasteiger partial charge in [0.05, 0.1) is 22.9 Å². The summed E-state index contributed by atoms with van der Waals surface area (Å²) in [4.78, 5) is 17.1. The molecule has 0 aliphatic heterocycles. The average Bonchev–Trinajstić information content (AvgIpc) is 3.24. The first-order valence-electron chi connectivity index (χ1n) is 9.07. The number of benzene rings is 2. The number of carbonyl (C=O) groups is 1.